The molecule has 19 heavy (non-hydrogen) atoms. The first-order valence-corrected chi connectivity index (χ1v) is 7.14. The Morgan fingerprint density at radius 3 is 2.84 bits per heavy atom. The average molecular weight is 299 g/mol. The number of anilines is 2. The lowest BCUT2D eigenvalue weighted by molar-refractivity contribution is 0.177. The van der Waals surface area contributed by atoms with E-state index in [9.17, 15) is 4.79 Å². The van der Waals surface area contributed by atoms with Gasteiger partial charge in [0.1, 0.15) is 0 Å². The van der Waals surface area contributed by atoms with Crippen LogP contribution in [0.5, 0.6) is 0 Å². The summed E-state index contributed by atoms with van der Waals surface area (Å²) in [7, 11) is 1.27. The van der Waals surface area contributed by atoms with Crippen LogP contribution in [-0.4, -0.2) is 24.1 Å². The quantitative estimate of drug-likeness (QED) is 0.451. The summed E-state index contributed by atoms with van der Waals surface area (Å²) in [4.78, 5) is 12.1. The molecule has 0 bridgehead atoms. The van der Waals surface area contributed by atoms with Crippen LogP contribution >= 0.6 is 24.0 Å². The van der Waals surface area contributed by atoms with Gasteiger partial charge in [0.25, 0.3) is 0 Å². The van der Waals surface area contributed by atoms with Crippen LogP contribution in [0.15, 0.2) is 23.1 Å². The lowest BCUT2D eigenvalue weighted by Gasteiger charge is -2.11. The Hall–Kier alpha value is -1.47. The summed E-state index contributed by atoms with van der Waals surface area (Å²) < 4.78 is 4.44. The molecule has 0 spiro atoms. The maximum atomic E-state index is 11.0. The van der Waals surface area contributed by atoms with Crippen LogP contribution in [0, 0.1) is 0 Å². The number of thiocarbonyl (C=S) groups is 1. The van der Waals surface area contributed by atoms with Gasteiger partial charge in [-0.15, -0.1) is 11.8 Å². The van der Waals surface area contributed by atoms with E-state index in [4.69, 9.17) is 18.0 Å². The maximum Gasteiger partial charge on any atom is 0.413 e. The molecule has 0 saturated carbocycles. The molecule has 1 rings (SSSR count). The van der Waals surface area contributed by atoms with Gasteiger partial charge in [0, 0.05) is 4.90 Å². The highest BCUT2D eigenvalue weighted by molar-refractivity contribution is 7.99. The molecule has 1 aromatic carbocycles. The number of benzene rings is 1. The third kappa shape index (κ3) is 5.35. The normalized spacial score (nSPS) is 9.79. The van der Waals surface area contributed by atoms with E-state index in [1.165, 1.54) is 7.11 Å². The molecule has 0 aliphatic heterocycles. The van der Waals surface area contributed by atoms with Gasteiger partial charge in [-0.05, 0) is 42.6 Å². The molecule has 0 atom stereocenters. The molecular weight excluding hydrogens is 282 g/mol. The summed E-state index contributed by atoms with van der Waals surface area (Å²) in [6.07, 6.45) is 0.490. The van der Waals surface area contributed by atoms with Crippen LogP contribution in [0.4, 0.5) is 16.2 Å². The fraction of sp³-hybridized carbons (Fsp3) is 0.333. The predicted octanol–water partition coefficient (Wildman–Crippen LogP) is 2.82. The second-order valence-electron chi connectivity index (χ2n) is 3.67. The summed E-state index contributed by atoms with van der Waals surface area (Å²) in [6.45, 7) is 2.13. The number of rotatable bonds is 4. The molecule has 0 unspecified atom stereocenters. The van der Waals surface area contributed by atoms with E-state index in [1.807, 2.05) is 18.2 Å². The minimum atomic E-state index is -0.619. The standard InChI is InChI=1S/C12H17N3O2S2/c1-3-6-19-8-4-5-10(9(13)7-8)14-11(18)15-12(16)17-2/h4-5,7H,3,6,13H2,1-2H3,(H2,14,15,16,18). The minimum Gasteiger partial charge on any atom is -0.453 e. The van der Waals surface area contributed by atoms with E-state index < -0.39 is 6.09 Å². The molecule has 1 aromatic rings. The van der Waals surface area contributed by atoms with E-state index in [0.717, 1.165) is 17.1 Å². The number of nitrogen functional groups attached to an aromatic ring is 1. The average Bonchev–Trinajstić information content (AvgIpc) is 2.39. The van der Waals surface area contributed by atoms with Crippen LogP contribution in [0.1, 0.15) is 13.3 Å². The summed E-state index contributed by atoms with van der Waals surface area (Å²) in [5, 5.41) is 5.34. The second-order valence-corrected chi connectivity index (χ2v) is 5.24. The van der Waals surface area contributed by atoms with E-state index in [0.29, 0.717) is 11.4 Å². The molecule has 5 nitrogen and oxygen atoms in total. The van der Waals surface area contributed by atoms with E-state index in [1.54, 1.807) is 11.8 Å². The Morgan fingerprint density at radius 1 is 1.53 bits per heavy atom. The number of alkyl carbamates (subject to hydrolysis) is 1. The highest BCUT2D eigenvalue weighted by Crippen LogP contribution is 2.26. The monoisotopic (exact) mass is 299 g/mol. The number of nitrogens with one attached hydrogen (secondary N) is 2. The summed E-state index contributed by atoms with van der Waals surface area (Å²) >= 11 is 6.70. The fourth-order valence-corrected chi connectivity index (χ4v) is 2.27. The second kappa shape index (κ2) is 7.85. The van der Waals surface area contributed by atoms with Crippen molar-refractivity contribution < 1.29 is 9.53 Å². The number of carbonyl (C=O) groups is 1. The van der Waals surface area contributed by atoms with Crippen molar-refractivity contribution in [2.24, 2.45) is 0 Å². The van der Waals surface area contributed by atoms with Gasteiger partial charge in [-0.3, -0.25) is 5.32 Å². The van der Waals surface area contributed by atoms with Crippen LogP contribution in [-0.2, 0) is 4.74 Å². The highest BCUT2D eigenvalue weighted by atomic mass is 32.2. The predicted molar refractivity (Wildman–Crippen MR) is 83.6 cm³/mol. The number of thioether (sulfide) groups is 1. The van der Waals surface area contributed by atoms with Gasteiger partial charge in [0.05, 0.1) is 18.5 Å². The van der Waals surface area contributed by atoms with Crippen LogP contribution in [0.3, 0.4) is 0 Å². The van der Waals surface area contributed by atoms with E-state index in [2.05, 4.69) is 22.3 Å². The number of hydrogen-bond acceptors (Lipinski definition) is 5. The van der Waals surface area contributed by atoms with Crippen molar-refractivity contribution in [2.45, 2.75) is 18.2 Å². The molecule has 0 aliphatic rings. The Balaban J connectivity index is 2.64. The number of amides is 1. The van der Waals surface area contributed by atoms with Crippen molar-refractivity contribution in [2.75, 3.05) is 23.9 Å². The van der Waals surface area contributed by atoms with Gasteiger partial charge in [0.2, 0.25) is 0 Å². The van der Waals surface area contributed by atoms with Crippen molar-refractivity contribution in [3.63, 3.8) is 0 Å². The van der Waals surface area contributed by atoms with Gasteiger partial charge < -0.3 is 15.8 Å². The maximum absolute atomic E-state index is 11.0. The first kappa shape index (κ1) is 15.6. The topological polar surface area (TPSA) is 76.4 Å². The SMILES string of the molecule is CCCSc1ccc(NC(=S)NC(=O)OC)c(N)c1. The summed E-state index contributed by atoms with van der Waals surface area (Å²) in [5.74, 6) is 1.05. The third-order valence-corrected chi connectivity index (χ3v) is 3.55. The van der Waals surface area contributed by atoms with Crippen molar-refractivity contribution in [3.05, 3.63) is 18.2 Å². The molecule has 1 amide bonds. The summed E-state index contributed by atoms with van der Waals surface area (Å²) in [6, 6.07) is 5.67. The van der Waals surface area contributed by atoms with Gasteiger partial charge in [0.15, 0.2) is 5.11 Å². The van der Waals surface area contributed by atoms with Crippen LogP contribution < -0.4 is 16.4 Å². The van der Waals surface area contributed by atoms with Gasteiger partial charge in [-0.2, -0.15) is 0 Å². The highest BCUT2D eigenvalue weighted by Gasteiger charge is 2.06. The number of methoxy groups -OCH3 is 1. The smallest absolute Gasteiger partial charge is 0.413 e. The molecule has 0 saturated heterocycles. The lowest BCUT2D eigenvalue weighted by atomic mass is 10.3. The molecule has 0 fully saturated rings. The Kier molecular flexibility index (Phi) is 6.44. The van der Waals surface area contributed by atoms with Crippen LogP contribution in [0.2, 0.25) is 0 Å². The number of nitrogens with two attached hydrogens (primary N) is 1. The van der Waals surface area contributed by atoms with Crippen molar-refractivity contribution in [3.8, 4) is 0 Å². The van der Waals surface area contributed by atoms with E-state index in [-0.39, 0.29) is 5.11 Å². The van der Waals surface area contributed by atoms with Crippen molar-refractivity contribution in [1.29, 1.82) is 0 Å². The molecule has 0 aliphatic carbocycles. The number of hydrogen-bond donors (Lipinski definition) is 3. The number of ether oxygens (including phenoxy) is 1. The molecule has 4 N–H and O–H groups in total. The molecule has 104 valence electrons. The first-order valence-electron chi connectivity index (χ1n) is 5.75. The third-order valence-electron chi connectivity index (χ3n) is 2.15. The van der Waals surface area contributed by atoms with Gasteiger partial charge in [-0.25, -0.2) is 4.79 Å². The molecule has 7 heteroatoms. The zero-order chi connectivity index (χ0) is 14.3. The molecular formula is C12H17N3O2S2. The number of carbonyl (C=O) groups excluding carboxylic acids is 1. The summed E-state index contributed by atoms with van der Waals surface area (Å²) in [5.41, 5.74) is 7.16. The van der Waals surface area contributed by atoms with Crippen molar-refractivity contribution >= 4 is 46.6 Å². The Bertz CT molecular complexity index is 466. The molecule has 0 radical (unpaired) electrons. The largest absolute Gasteiger partial charge is 0.453 e. The molecule has 0 heterocycles. The zero-order valence-electron chi connectivity index (χ0n) is 10.9. The zero-order valence-corrected chi connectivity index (χ0v) is 12.5. The van der Waals surface area contributed by atoms with E-state index >= 15 is 0 Å². The Labute approximate surface area is 122 Å². The van der Waals surface area contributed by atoms with Gasteiger partial charge in [-0.1, -0.05) is 6.92 Å². The van der Waals surface area contributed by atoms with Gasteiger partial charge >= 0.3 is 6.09 Å². The Morgan fingerprint density at radius 2 is 2.26 bits per heavy atom. The molecule has 0 aromatic heterocycles. The van der Waals surface area contributed by atoms with Crippen molar-refractivity contribution in [1.82, 2.24) is 5.32 Å². The van der Waals surface area contributed by atoms with Crippen LogP contribution in [0.25, 0.3) is 0 Å². The minimum absolute atomic E-state index is 0.146. The fourth-order valence-electron chi connectivity index (χ4n) is 1.26. The lowest BCUT2D eigenvalue weighted by Crippen LogP contribution is -2.34. The first-order chi connectivity index (χ1) is 9.06.